The minimum absolute atomic E-state index is 0.0216. The molecule has 0 aliphatic rings. The van der Waals surface area contributed by atoms with Gasteiger partial charge in [0.1, 0.15) is 5.56 Å². The summed E-state index contributed by atoms with van der Waals surface area (Å²) in [6.07, 6.45) is 0. The van der Waals surface area contributed by atoms with E-state index in [1.54, 1.807) is 30.7 Å². The Balaban J connectivity index is 2.28. The van der Waals surface area contributed by atoms with Gasteiger partial charge in [-0.25, -0.2) is 4.79 Å². The van der Waals surface area contributed by atoms with Crippen LogP contribution in [0, 0.1) is 24.0 Å². The number of hydrogen-bond acceptors (Lipinski definition) is 4. The molecule has 0 saturated carbocycles. The molecule has 0 amide bonds. The van der Waals surface area contributed by atoms with Gasteiger partial charge in [0.25, 0.3) is 5.69 Å². The zero-order chi connectivity index (χ0) is 14.9. The molecule has 2 aromatic rings. The largest absolute Gasteiger partial charge is 0.478 e. The highest BCUT2D eigenvalue weighted by Gasteiger charge is 2.17. The maximum atomic E-state index is 11.1. The molecule has 1 N–H and O–H groups in total. The van der Waals surface area contributed by atoms with Crippen LogP contribution in [0.5, 0.6) is 0 Å². The highest BCUT2D eigenvalue weighted by atomic mass is 16.6. The van der Waals surface area contributed by atoms with Crippen molar-refractivity contribution in [3.63, 3.8) is 0 Å². The number of aromatic carboxylic acids is 1. The van der Waals surface area contributed by atoms with E-state index in [9.17, 15) is 14.9 Å². The van der Waals surface area contributed by atoms with Crippen LogP contribution in [-0.4, -0.2) is 25.8 Å². The molecular weight excluding hydrogens is 262 g/mol. The number of rotatable bonds is 4. The van der Waals surface area contributed by atoms with Crippen LogP contribution in [0.3, 0.4) is 0 Å². The highest BCUT2D eigenvalue weighted by molar-refractivity contribution is 5.90. The van der Waals surface area contributed by atoms with E-state index in [1.807, 2.05) is 0 Å². The lowest BCUT2D eigenvalue weighted by Gasteiger charge is -2.04. The van der Waals surface area contributed by atoms with Crippen molar-refractivity contribution >= 4 is 11.7 Å². The van der Waals surface area contributed by atoms with Gasteiger partial charge in [0.05, 0.1) is 22.9 Å². The second-order valence-corrected chi connectivity index (χ2v) is 4.43. The Morgan fingerprint density at radius 2 is 1.95 bits per heavy atom. The van der Waals surface area contributed by atoms with E-state index in [0.717, 1.165) is 5.56 Å². The molecular formula is C13H13N3O4. The number of carboxylic acid groups (broad SMARTS) is 1. The molecule has 1 aromatic heterocycles. The molecule has 0 spiro atoms. The van der Waals surface area contributed by atoms with Crippen LogP contribution in [0.1, 0.15) is 27.3 Å². The molecule has 1 aromatic carbocycles. The fourth-order valence-electron chi connectivity index (χ4n) is 2.06. The zero-order valence-corrected chi connectivity index (χ0v) is 11.0. The third-order valence-corrected chi connectivity index (χ3v) is 3.07. The number of benzene rings is 1. The van der Waals surface area contributed by atoms with E-state index in [4.69, 9.17) is 5.11 Å². The lowest BCUT2D eigenvalue weighted by molar-refractivity contribution is -0.384. The summed E-state index contributed by atoms with van der Waals surface area (Å²) in [5.74, 6) is -1.00. The van der Waals surface area contributed by atoms with Gasteiger partial charge in [0.15, 0.2) is 0 Å². The van der Waals surface area contributed by atoms with Crippen molar-refractivity contribution in [2.75, 3.05) is 0 Å². The first kappa shape index (κ1) is 13.7. The molecule has 7 heteroatoms. The molecule has 0 saturated heterocycles. The first-order chi connectivity index (χ1) is 9.40. The van der Waals surface area contributed by atoms with Crippen LogP contribution in [0.15, 0.2) is 24.3 Å². The molecule has 7 nitrogen and oxygen atoms in total. The summed E-state index contributed by atoms with van der Waals surface area (Å²) in [5, 5.41) is 23.9. The third-order valence-electron chi connectivity index (χ3n) is 3.07. The Kier molecular flexibility index (Phi) is 3.51. The molecule has 1 heterocycles. The zero-order valence-electron chi connectivity index (χ0n) is 11.0. The molecule has 0 fully saturated rings. The van der Waals surface area contributed by atoms with E-state index >= 15 is 0 Å². The van der Waals surface area contributed by atoms with E-state index in [2.05, 4.69) is 5.10 Å². The number of carboxylic acids is 1. The standard InChI is InChI=1S/C13H13N3O4/c1-8-12(13(17)18)9(2)15(14-8)7-10-3-5-11(6-4-10)16(19)20/h3-6H,7H2,1-2H3,(H,17,18). The second kappa shape index (κ2) is 5.12. The smallest absolute Gasteiger partial charge is 0.339 e. The Morgan fingerprint density at radius 3 is 2.40 bits per heavy atom. The lowest BCUT2D eigenvalue weighted by Crippen LogP contribution is -2.05. The quantitative estimate of drug-likeness (QED) is 0.681. The molecule has 0 bridgehead atoms. The third kappa shape index (κ3) is 2.51. The van der Waals surface area contributed by atoms with Crippen molar-refractivity contribution in [2.45, 2.75) is 20.4 Å². The first-order valence-electron chi connectivity index (χ1n) is 5.90. The number of hydrogen-bond donors (Lipinski definition) is 1. The minimum atomic E-state index is -1.00. The molecule has 20 heavy (non-hydrogen) atoms. The summed E-state index contributed by atoms with van der Waals surface area (Å²) in [6.45, 7) is 3.70. The van der Waals surface area contributed by atoms with Crippen LogP contribution < -0.4 is 0 Å². The van der Waals surface area contributed by atoms with Crippen molar-refractivity contribution < 1.29 is 14.8 Å². The van der Waals surface area contributed by atoms with Crippen LogP contribution in [0.4, 0.5) is 5.69 Å². The van der Waals surface area contributed by atoms with Crippen molar-refractivity contribution in [2.24, 2.45) is 0 Å². The van der Waals surface area contributed by atoms with E-state index in [1.165, 1.54) is 12.1 Å². The van der Waals surface area contributed by atoms with Gasteiger partial charge in [-0.15, -0.1) is 0 Å². The summed E-state index contributed by atoms with van der Waals surface area (Å²) >= 11 is 0. The minimum Gasteiger partial charge on any atom is -0.478 e. The number of aromatic nitrogens is 2. The van der Waals surface area contributed by atoms with Gasteiger partial charge in [-0.1, -0.05) is 12.1 Å². The molecule has 104 valence electrons. The number of aryl methyl sites for hydroxylation is 1. The Labute approximate surface area is 114 Å². The van der Waals surface area contributed by atoms with Crippen molar-refractivity contribution in [3.8, 4) is 0 Å². The Morgan fingerprint density at radius 1 is 1.35 bits per heavy atom. The summed E-state index contributed by atoms with van der Waals surface area (Å²) in [6, 6.07) is 6.10. The highest BCUT2D eigenvalue weighted by Crippen LogP contribution is 2.16. The normalized spacial score (nSPS) is 10.5. The Hall–Kier alpha value is -2.70. The van der Waals surface area contributed by atoms with Gasteiger partial charge in [0, 0.05) is 12.1 Å². The molecule has 0 aliphatic carbocycles. The van der Waals surface area contributed by atoms with Crippen molar-refractivity contribution in [1.29, 1.82) is 0 Å². The average Bonchev–Trinajstić information content (AvgIpc) is 2.65. The number of non-ortho nitro benzene ring substituents is 1. The number of nitro groups is 1. The van der Waals surface area contributed by atoms with E-state index < -0.39 is 10.9 Å². The van der Waals surface area contributed by atoms with Crippen molar-refractivity contribution in [1.82, 2.24) is 9.78 Å². The molecule has 0 unspecified atom stereocenters. The maximum Gasteiger partial charge on any atom is 0.339 e. The average molecular weight is 275 g/mol. The van der Waals surface area contributed by atoms with Gasteiger partial charge in [-0.05, 0) is 19.4 Å². The van der Waals surface area contributed by atoms with Crippen LogP contribution >= 0.6 is 0 Å². The first-order valence-corrected chi connectivity index (χ1v) is 5.90. The SMILES string of the molecule is Cc1nn(Cc2ccc([N+](=O)[O-])cc2)c(C)c1C(=O)O. The molecule has 2 rings (SSSR count). The fraction of sp³-hybridized carbons (Fsp3) is 0.231. The Bertz CT molecular complexity index is 674. The van der Waals surface area contributed by atoms with E-state index in [0.29, 0.717) is 17.9 Å². The fourth-order valence-corrected chi connectivity index (χ4v) is 2.06. The summed E-state index contributed by atoms with van der Waals surface area (Å²) in [4.78, 5) is 21.2. The van der Waals surface area contributed by atoms with Gasteiger partial charge in [-0.2, -0.15) is 5.10 Å². The van der Waals surface area contributed by atoms with E-state index in [-0.39, 0.29) is 11.3 Å². The lowest BCUT2D eigenvalue weighted by atomic mass is 10.2. The summed E-state index contributed by atoms with van der Waals surface area (Å²) in [5.41, 5.74) is 2.06. The van der Waals surface area contributed by atoms with Crippen LogP contribution in [0.2, 0.25) is 0 Å². The van der Waals surface area contributed by atoms with Crippen LogP contribution in [0.25, 0.3) is 0 Å². The second-order valence-electron chi connectivity index (χ2n) is 4.43. The number of carbonyl (C=O) groups is 1. The van der Waals surface area contributed by atoms with Gasteiger partial charge in [-0.3, -0.25) is 14.8 Å². The maximum absolute atomic E-state index is 11.1. The van der Waals surface area contributed by atoms with Crippen molar-refractivity contribution in [3.05, 3.63) is 56.9 Å². The predicted molar refractivity (Wildman–Crippen MR) is 70.9 cm³/mol. The number of nitrogens with zero attached hydrogens (tertiary/aromatic N) is 3. The topological polar surface area (TPSA) is 98.3 Å². The molecule has 0 atom stereocenters. The summed E-state index contributed by atoms with van der Waals surface area (Å²) < 4.78 is 1.58. The summed E-state index contributed by atoms with van der Waals surface area (Å²) in [7, 11) is 0. The monoisotopic (exact) mass is 275 g/mol. The van der Waals surface area contributed by atoms with Gasteiger partial charge < -0.3 is 5.11 Å². The van der Waals surface area contributed by atoms with Gasteiger partial charge in [0.2, 0.25) is 0 Å². The number of nitro benzene ring substituents is 1. The predicted octanol–water partition coefficient (Wildman–Crippen LogP) is 2.15. The molecule has 0 radical (unpaired) electrons. The van der Waals surface area contributed by atoms with Crippen LogP contribution in [-0.2, 0) is 6.54 Å². The van der Waals surface area contributed by atoms with Gasteiger partial charge >= 0.3 is 5.97 Å². The molecule has 0 aliphatic heterocycles.